The molecule has 2 aromatic heterocycles. The zero-order valence-electron chi connectivity index (χ0n) is 21.8. The van der Waals surface area contributed by atoms with E-state index in [0.717, 1.165) is 6.07 Å². The first-order chi connectivity index (χ1) is 18.5. The van der Waals surface area contributed by atoms with Crippen molar-refractivity contribution in [1.29, 1.82) is 0 Å². The molecule has 0 spiro atoms. The van der Waals surface area contributed by atoms with Crippen LogP contribution in [0.4, 0.5) is 24.7 Å². The molecule has 210 valence electrons. The number of rotatable bonds is 6. The van der Waals surface area contributed by atoms with E-state index in [2.05, 4.69) is 10.3 Å². The minimum absolute atomic E-state index is 0.0301. The van der Waals surface area contributed by atoms with Crippen molar-refractivity contribution < 1.29 is 27.8 Å². The summed E-state index contributed by atoms with van der Waals surface area (Å²) in [5, 5.41) is 17.6. The molecule has 3 aromatic rings. The van der Waals surface area contributed by atoms with Crippen molar-refractivity contribution in [2.75, 3.05) is 50.5 Å². The highest BCUT2D eigenvalue weighted by Crippen LogP contribution is 2.34. The van der Waals surface area contributed by atoms with Crippen molar-refractivity contribution in [3.8, 4) is 0 Å². The second-order valence-electron chi connectivity index (χ2n) is 10.1. The molecule has 2 fully saturated rings. The van der Waals surface area contributed by atoms with Gasteiger partial charge in [0.25, 0.3) is 0 Å². The average molecular weight is 548 g/mol. The van der Waals surface area contributed by atoms with Crippen molar-refractivity contribution in [1.82, 2.24) is 24.8 Å². The van der Waals surface area contributed by atoms with Gasteiger partial charge in [0.2, 0.25) is 5.91 Å². The first kappa shape index (κ1) is 27.2. The number of morpholine rings is 1. The largest absolute Gasteiger partial charge is 0.416 e. The summed E-state index contributed by atoms with van der Waals surface area (Å²) in [6.45, 7) is 4.21. The molecule has 4 N–H and O–H groups in total. The van der Waals surface area contributed by atoms with E-state index in [0.29, 0.717) is 73.4 Å². The van der Waals surface area contributed by atoms with Crippen LogP contribution < -0.4 is 16.0 Å². The Morgan fingerprint density at radius 1 is 1.28 bits per heavy atom. The topological polar surface area (TPSA) is 121 Å². The fraction of sp³-hybridized carbons (Fsp3) is 0.500. The maximum atomic E-state index is 13.6. The molecule has 10 nitrogen and oxygen atoms in total. The van der Waals surface area contributed by atoms with Crippen molar-refractivity contribution in [2.24, 2.45) is 0 Å². The molecule has 0 bridgehead atoms. The number of amides is 1. The highest BCUT2D eigenvalue weighted by Gasteiger charge is 2.34. The van der Waals surface area contributed by atoms with Gasteiger partial charge in [-0.05, 0) is 37.6 Å². The molecule has 0 aliphatic carbocycles. The van der Waals surface area contributed by atoms with Crippen LogP contribution in [-0.2, 0) is 28.7 Å². The number of alkyl halides is 3. The molecule has 0 radical (unpaired) electrons. The van der Waals surface area contributed by atoms with Gasteiger partial charge in [-0.15, -0.1) is 5.10 Å². The number of nitrogens with two attached hydrogens (primary N) is 1. The third-order valence-corrected chi connectivity index (χ3v) is 7.48. The van der Waals surface area contributed by atoms with E-state index in [-0.39, 0.29) is 24.4 Å². The summed E-state index contributed by atoms with van der Waals surface area (Å²) in [5.74, 6) is 0.349. The molecule has 4 heterocycles. The van der Waals surface area contributed by atoms with Gasteiger partial charge in [0, 0.05) is 32.1 Å². The van der Waals surface area contributed by atoms with Gasteiger partial charge >= 0.3 is 6.18 Å². The van der Waals surface area contributed by atoms with Crippen LogP contribution in [0.1, 0.15) is 34.5 Å². The number of aliphatic hydroxyl groups excluding tert-OH is 1. The second-order valence-corrected chi connectivity index (χ2v) is 10.1. The van der Waals surface area contributed by atoms with E-state index in [1.54, 1.807) is 28.6 Å². The summed E-state index contributed by atoms with van der Waals surface area (Å²) in [5.41, 5.74) is 8.00. The first-order valence-corrected chi connectivity index (χ1v) is 12.8. The Hall–Kier alpha value is -3.42. The van der Waals surface area contributed by atoms with Gasteiger partial charge in [0.1, 0.15) is 0 Å². The van der Waals surface area contributed by atoms with Gasteiger partial charge in [0.15, 0.2) is 11.5 Å². The molecule has 2 aliphatic heterocycles. The number of aromatic nitrogens is 3. The first-order valence-electron chi connectivity index (χ1n) is 12.8. The Kier molecular flexibility index (Phi) is 7.40. The Morgan fingerprint density at radius 2 is 2.03 bits per heavy atom. The fourth-order valence-electron chi connectivity index (χ4n) is 5.31. The van der Waals surface area contributed by atoms with E-state index in [1.165, 1.54) is 13.0 Å². The van der Waals surface area contributed by atoms with Crippen molar-refractivity contribution >= 4 is 23.1 Å². The standard InChI is InChI=1S/C26H32F3N7O3/c1-15-16(4-3-5-18(15)26(27,28)29)10-21-20(13-31-25(38)22-11-17(37)14-34(22)2)32-24-19(30)12-23(33-36(21)24)35-6-8-39-9-7-35/h3-5,12,17,22,37H,6-11,13-14,30H2,1-2H3,(H,31,38)/t17-,22+/m1/s1. The average Bonchev–Trinajstić information content (AvgIpc) is 3.42. The SMILES string of the molecule is Cc1c(Cc2c(CNC(=O)[C@@H]3C[C@@H](O)CN3C)nc3c(N)cc(N4CCOCC4)nn23)cccc1C(F)(F)F. The number of halogens is 3. The maximum Gasteiger partial charge on any atom is 0.416 e. The summed E-state index contributed by atoms with van der Waals surface area (Å²) in [7, 11) is 1.77. The van der Waals surface area contributed by atoms with Crippen LogP contribution in [0.3, 0.4) is 0 Å². The van der Waals surface area contributed by atoms with Crippen molar-refractivity contribution in [2.45, 2.75) is 44.6 Å². The predicted molar refractivity (Wildman–Crippen MR) is 138 cm³/mol. The van der Waals surface area contributed by atoms with Gasteiger partial charge in [-0.1, -0.05) is 12.1 Å². The summed E-state index contributed by atoms with van der Waals surface area (Å²) in [6.07, 6.45) is -4.65. The maximum absolute atomic E-state index is 13.6. The molecule has 0 saturated carbocycles. The van der Waals surface area contributed by atoms with Crippen molar-refractivity contribution in [3.63, 3.8) is 0 Å². The molecule has 2 atom stereocenters. The molecular weight excluding hydrogens is 515 g/mol. The minimum atomic E-state index is -4.49. The number of anilines is 2. The molecule has 2 aliphatic rings. The van der Waals surface area contributed by atoms with E-state index in [1.807, 2.05) is 4.90 Å². The summed E-state index contributed by atoms with van der Waals surface area (Å²) in [4.78, 5) is 21.4. The lowest BCUT2D eigenvalue weighted by Crippen LogP contribution is -2.41. The molecule has 1 amide bonds. The van der Waals surface area contributed by atoms with E-state index < -0.39 is 23.9 Å². The third-order valence-electron chi connectivity index (χ3n) is 7.48. The van der Waals surface area contributed by atoms with Gasteiger partial charge in [-0.3, -0.25) is 9.69 Å². The second kappa shape index (κ2) is 10.6. The zero-order chi connectivity index (χ0) is 27.9. The number of aliphatic hydroxyl groups is 1. The number of nitrogens with zero attached hydrogens (tertiary/aromatic N) is 5. The van der Waals surface area contributed by atoms with Crippen molar-refractivity contribution in [3.05, 3.63) is 52.3 Å². The Labute approximate surface area is 223 Å². The van der Waals surface area contributed by atoms with E-state index in [4.69, 9.17) is 15.6 Å². The molecule has 13 heteroatoms. The summed E-state index contributed by atoms with van der Waals surface area (Å²) in [6, 6.07) is 5.34. The molecule has 39 heavy (non-hydrogen) atoms. The number of hydrogen-bond acceptors (Lipinski definition) is 8. The predicted octanol–water partition coefficient (Wildman–Crippen LogP) is 1.75. The number of likely N-dealkylation sites (N-methyl/N-ethyl adjacent to an activating group) is 1. The van der Waals surface area contributed by atoms with Gasteiger partial charge in [0.05, 0.1) is 54.5 Å². The van der Waals surface area contributed by atoms with Crippen LogP contribution in [0.25, 0.3) is 5.65 Å². The van der Waals surface area contributed by atoms with Crippen LogP contribution in [0, 0.1) is 6.92 Å². The number of likely N-dealkylation sites (tertiary alicyclic amines) is 1. The number of β-amino-alcohol motifs (C(OH)–C–C–N with tert-alkyl or cyclic N) is 1. The number of benzene rings is 1. The van der Waals surface area contributed by atoms with Crippen LogP contribution in [-0.4, -0.2) is 82.6 Å². The van der Waals surface area contributed by atoms with Gasteiger partial charge < -0.3 is 25.8 Å². The fourth-order valence-corrected chi connectivity index (χ4v) is 5.31. The summed E-state index contributed by atoms with van der Waals surface area (Å²) < 4.78 is 47.9. The number of nitrogens with one attached hydrogen (secondary N) is 1. The minimum Gasteiger partial charge on any atom is -0.396 e. The molecule has 2 saturated heterocycles. The Balaban J connectivity index is 1.53. The number of ether oxygens (including phenoxy) is 1. The van der Waals surface area contributed by atoms with Crippen LogP contribution >= 0.6 is 0 Å². The summed E-state index contributed by atoms with van der Waals surface area (Å²) >= 11 is 0. The number of imidazole rings is 1. The number of carbonyl (C=O) groups is 1. The highest BCUT2D eigenvalue weighted by atomic mass is 19.4. The number of hydrogen-bond donors (Lipinski definition) is 3. The van der Waals surface area contributed by atoms with Crippen LogP contribution in [0.15, 0.2) is 24.3 Å². The number of fused-ring (bicyclic) bond motifs is 1. The molecule has 0 unspecified atom stereocenters. The Bertz CT molecular complexity index is 1370. The molecular formula is C26H32F3N7O3. The van der Waals surface area contributed by atoms with Crippen LogP contribution in [0.5, 0.6) is 0 Å². The lowest BCUT2D eigenvalue weighted by atomic mass is 9.98. The van der Waals surface area contributed by atoms with E-state index in [9.17, 15) is 23.1 Å². The lowest BCUT2D eigenvalue weighted by molar-refractivity contribution is -0.138. The Morgan fingerprint density at radius 3 is 2.69 bits per heavy atom. The number of carbonyl (C=O) groups excluding carboxylic acids is 1. The lowest BCUT2D eigenvalue weighted by Gasteiger charge is -2.27. The van der Waals surface area contributed by atoms with Gasteiger partial charge in [-0.2, -0.15) is 13.2 Å². The van der Waals surface area contributed by atoms with Gasteiger partial charge in [-0.25, -0.2) is 9.50 Å². The quantitative estimate of drug-likeness (QED) is 0.427. The van der Waals surface area contributed by atoms with E-state index >= 15 is 0 Å². The number of nitrogen functional groups attached to an aromatic ring is 1. The molecule has 5 rings (SSSR count). The molecule has 1 aromatic carbocycles. The monoisotopic (exact) mass is 547 g/mol. The normalized spacial score (nSPS) is 20.6. The smallest absolute Gasteiger partial charge is 0.396 e. The van der Waals surface area contributed by atoms with Crippen LogP contribution in [0.2, 0.25) is 0 Å². The highest BCUT2D eigenvalue weighted by molar-refractivity contribution is 5.82. The zero-order valence-corrected chi connectivity index (χ0v) is 21.8. The third kappa shape index (κ3) is 5.52.